The van der Waals surface area contributed by atoms with E-state index in [1.165, 1.54) is 6.07 Å². The third-order valence-corrected chi connectivity index (χ3v) is 3.90. The molecule has 0 spiro atoms. The third-order valence-electron chi connectivity index (χ3n) is 3.41. The van der Waals surface area contributed by atoms with Crippen molar-refractivity contribution >= 4 is 27.5 Å². The summed E-state index contributed by atoms with van der Waals surface area (Å²) in [6.07, 6.45) is 0. The molecule has 21 heavy (non-hydrogen) atoms. The molecule has 0 heterocycles. The summed E-state index contributed by atoms with van der Waals surface area (Å²) in [4.78, 5) is 11.9. The number of primary amides is 1. The number of anilines is 1. The zero-order chi connectivity index (χ0) is 15.6. The SMILES string of the molecule is Cc1ccc(NC(C)(C(N)=O)c2cc(Br)ccc2F)cc1. The molecule has 110 valence electrons. The van der Waals surface area contributed by atoms with Gasteiger partial charge in [0.05, 0.1) is 0 Å². The van der Waals surface area contributed by atoms with Crippen molar-refractivity contribution in [2.75, 3.05) is 5.32 Å². The summed E-state index contributed by atoms with van der Waals surface area (Å²) in [5.74, 6) is -1.14. The molecule has 3 nitrogen and oxygen atoms in total. The largest absolute Gasteiger partial charge is 0.368 e. The van der Waals surface area contributed by atoms with E-state index in [1.807, 2.05) is 31.2 Å². The first-order valence-corrected chi connectivity index (χ1v) is 7.22. The van der Waals surface area contributed by atoms with Gasteiger partial charge in [-0.3, -0.25) is 4.79 Å². The van der Waals surface area contributed by atoms with Gasteiger partial charge in [0.25, 0.3) is 0 Å². The van der Waals surface area contributed by atoms with E-state index < -0.39 is 17.3 Å². The highest BCUT2D eigenvalue weighted by molar-refractivity contribution is 9.10. The van der Waals surface area contributed by atoms with Crippen LogP contribution in [0.5, 0.6) is 0 Å². The first kappa shape index (κ1) is 15.5. The first-order chi connectivity index (χ1) is 9.83. The zero-order valence-corrected chi connectivity index (χ0v) is 13.4. The van der Waals surface area contributed by atoms with E-state index in [0.29, 0.717) is 10.2 Å². The summed E-state index contributed by atoms with van der Waals surface area (Å²) in [6.45, 7) is 3.53. The van der Waals surface area contributed by atoms with Crippen LogP contribution in [0.3, 0.4) is 0 Å². The Hall–Kier alpha value is -1.88. The van der Waals surface area contributed by atoms with Crippen LogP contribution in [0.2, 0.25) is 0 Å². The van der Waals surface area contributed by atoms with Gasteiger partial charge in [-0.25, -0.2) is 4.39 Å². The topological polar surface area (TPSA) is 55.1 Å². The molecule has 3 N–H and O–H groups in total. The van der Waals surface area contributed by atoms with E-state index in [4.69, 9.17) is 5.73 Å². The molecule has 0 aromatic heterocycles. The van der Waals surface area contributed by atoms with Crippen molar-refractivity contribution in [2.24, 2.45) is 5.73 Å². The maximum Gasteiger partial charge on any atom is 0.247 e. The normalized spacial score (nSPS) is 13.5. The molecule has 0 aliphatic carbocycles. The Kier molecular flexibility index (Phi) is 4.32. The molecule has 2 aromatic carbocycles. The fourth-order valence-electron chi connectivity index (χ4n) is 2.07. The van der Waals surface area contributed by atoms with Crippen LogP contribution >= 0.6 is 15.9 Å². The number of carbonyl (C=O) groups excluding carboxylic acids is 1. The quantitative estimate of drug-likeness (QED) is 0.882. The van der Waals surface area contributed by atoms with Gasteiger partial charge in [0.15, 0.2) is 0 Å². The van der Waals surface area contributed by atoms with Crippen molar-refractivity contribution in [1.82, 2.24) is 0 Å². The summed E-state index contributed by atoms with van der Waals surface area (Å²) in [5, 5.41) is 3.03. The van der Waals surface area contributed by atoms with Gasteiger partial charge in [-0.05, 0) is 44.2 Å². The Balaban J connectivity index is 2.47. The van der Waals surface area contributed by atoms with E-state index in [9.17, 15) is 9.18 Å². The van der Waals surface area contributed by atoms with Crippen LogP contribution < -0.4 is 11.1 Å². The molecule has 1 atom stereocenters. The molecule has 2 aromatic rings. The highest BCUT2D eigenvalue weighted by Gasteiger charge is 2.36. The Morgan fingerprint density at radius 1 is 1.24 bits per heavy atom. The average molecular weight is 351 g/mol. The van der Waals surface area contributed by atoms with E-state index in [1.54, 1.807) is 19.1 Å². The van der Waals surface area contributed by atoms with Crippen molar-refractivity contribution in [2.45, 2.75) is 19.4 Å². The number of hydrogen-bond donors (Lipinski definition) is 2. The number of nitrogens with two attached hydrogens (primary N) is 1. The van der Waals surface area contributed by atoms with E-state index in [2.05, 4.69) is 21.2 Å². The monoisotopic (exact) mass is 350 g/mol. The van der Waals surface area contributed by atoms with E-state index in [-0.39, 0.29) is 5.56 Å². The Labute approximate surface area is 131 Å². The molecule has 0 aliphatic rings. The molecule has 0 radical (unpaired) electrons. The Morgan fingerprint density at radius 2 is 1.86 bits per heavy atom. The minimum Gasteiger partial charge on any atom is -0.368 e. The zero-order valence-electron chi connectivity index (χ0n) is 11.8. The summed E-state index contributed by atoms with van der Waals surface area (Å²) in [5.41, 5.74) is 6.16. The number of benzene rings is 2. The third kappa shape index (κ3) is 3.24. The molecule has 0 saturated heterocycles. The number of amides is 1. The maximum absolute atomic E-state index is 14.1. The predicted molar refractivity (Wildman–Crippen MR) is 85.4 cm³/mol. The highest BCUT2D eigenvalue weighted by Crippen LogP contribution is 2.30. The summed E-state index contributed by atoms with van der Waals surface area (Å²) < 4.78 is 14.8. The molecule has 1 amide bonds. The molecule has 2 rings (SSSR count). The second-order valence-electron chi connectivity index (χ2n) is 5.10. The highest BCUT2D eigenvalue weighted by atomic mass is 79.9. The van der Waals surface area contributed by atoms with Crippen molar-refractivity contribution in [3.05, 3.63) is 63.9 Å². The summed E-state index contributed by atoms with van der Waals surface area (Å²) in [6, 6.07) is 11.9. The van der Waals surface area contributed by atoms with Crippen LogP contribution in [0.15, 0.2) is 46.9 Å². The van der Waals surface area contributed by atoms with Crippen LogP contribution in [0.25, 0.3) is 0 Å². The molecule has 0 bridgehead atoms. The van der Waals surface area contributed by atoms with Gasteiger partial charge in [-0.15, -0.1) is 0 Å². The Bertz CT molecular complexity index is 672. The van der Waals surface area contributed by atoms with Gasteiger partial charge >= 0.3 is 0 Å². The lowest BCUT2D eigenvalue weighted by Gasteiger charge is -2.29. The molecule has 1 unspecified atom stereocenters. The average Bonchev–Trinajstić information content (AvgIpc) is 2.43. The Morgan fingerprint density at radius 3 is 2.43 bits per heavy atom. The second kappa shape index (κ2) is 5.85. The molecular weight excluding hydrogens is 335 g/mol. The van der Waals surface area contributed by atoms with Gasteiger partial charge in [-0.2, -0.15) is 0 Å². The minimum atomic E-state index is -1.34. The van der Waals surface area contributed by atoms with Crippen molar-refractivity contribution in [3.63, 3.8) is 0 Å². The molecule has 5 heteroatoms. The second-order valence-corrected chi connectivity index (χ2v) is 6.02. The first-order valence-electron chi connectivity index (χ1n) is 6.43. The molecule has 0 fully saturated rings. The van der Waals surface area contributed by atoms with Crippen LogP contribution in [0.4, 0.5) is 10.1 Å². The van der Waals surface area contributed by atoms with Crippen LogP contribution in [-0.4, -0.2) is 5.91 Å². The lowest BCUT2D eigenvalue weighted by atomic mass is 9.90. The van der Waals surface area contributed by atoms with Crippen molar-refractivity contribution < 1.29 is 9.18 Å². The fourth-order valence-corrected chi connectivity index (χ4v) is 2.43. The minimum absolute atomic E-state index is 0.199. The number of halogens is 2. The fraction of sp³-hybridized carbons (Fsp3) is 0.188. The molecule has 0 saturated carbocycles. The number of nitrogens with one attached hydrogen (secondary N) is 1. The van der Waals surface area contributed by atoms with Gasteiger partial charge in [0.1, 0.15) is 11.4 Å². The van der Waals surface area contributed by atoms with Crippen molar-refractivity contribution in [1.29, 1.82) is 0 Å². The van der Waals surface area contributed by atoms with Gasteiger partial charge in [0.2, 0.25) is 5.91 Å². The van der Waals surface area contributed by atoms with Crippen molar-refractivity contribution in [3.8, 4) is 0 Å². The van der Waals surface area contributed by atoms with E-state index in [0.717, 1.165) is 5.56 Å². The van der Waals surface area contributed by atoms with Gasteiger partial charge in [-0.1, -0.05) is 33.6 Å². The maximum atomic E-state index is 14.1. The molecule has 0 aliphatic heterocycles. The van der Waals surface area contributed by atoms with Gasteiger partial charge < -0.3 is 11.1 Å². The van der Waals surface area contributed by atoms with Gasteiger partial charge in [0, 0.05) is 15.7 Å². The number of carbonyl (C=O) groups is 1. The van der Waals surface area contributed by atoms with Crippen LogP contribution in [0.1, 0.15) is 18.1 Å². The standard InChI is InChI=1S/C16H16BrFN2O/c1-10-3-6-12(7-4-10)20-16(2,15(19)21)13-9-11(17)5-8-14(13)18/h3-9,20H,1-2H3,(H2,19,21). The number of aryl methyl sites for hydroxylation is 1. The number of hydrogen-bond acceptors (Lipinski definition) is 2. The van der Waals surface area contributed by atoms with Crippen LogP contribution in [0, 0.1) is 12.7 Å². The summed E-state index contributed by atoms with van der Waals surface area (Å²) in [7, 11) is 0. The van der Waals surface area contributed by atoms with Crippen LogP contribution in [-0.2, 0) is 10.3 Å². The number of rotatable bonds is 4. The molecular formula is C16H16BrFN2O. The summed E-state index contributed by atoms with van der Waals surface area (Å²) >= 11 is 3.29. The smallest absolute Gasteiger partial charge is 0.247 e. The lowest BCUT2D eigenvalue weighted by molar-refractivity contribution is -0.122. The predicted octanol–water partition coefficient (Wildman–Crippen LogP) is 3.71. The van der Waals surface area contributed by atoms with E-state index >= 15 is 0 Å². The lowest BCUT2D eigenvalue weighted by Crippen LogP contribution is -2.45.